The summed E-state index contributed by atoms with van der Waals surface area (Å²) in [4.78, 5) is 0. The van der Waals surface area contributed by atoms with Crippen LogP contribution < -0.4 is 24.2 Å². The molecule has 0 aromatic carbocycles. The van der Waals surface area contributed by atoms with Crippen LogP contribution in [0.5, 0.6) is 0 Å². The van der Waals surface area contributed by atoms with Crippen LogP contribution in [0.3, 0.4) is 0 Å². The van der Waals surface area contributed by atoms with E-state index >= 15 is 0 Å². The van der Waals surface area contributed by atoms with E-state index in [0.717, 1.165) is 0 Å². The largest absolute Gasteiger partial charge is 3.00 e. The summed E-state index contributed by atoms with van der Waals surface area (Å²) in [5, 5.41) is 0. The maximum absolute atomic E-state index is 8.61. The molecule has 12 heteroatoms. The average molecular weight is 463 g/mol. The van der Waals surface area contributed by atoms with E-state index in [9.17, 15) is 0 Å². The molecule has 8 nitrogen and oxygen atoms in total. The van der Waals surface area contributed by atoms with Crippen molar-refractivity contribution in [2.75, 3.05) is 0 Å². The Kier molecular flexibility index (Phi) is 21.2. The number of hydrogen-bond acceptors (Lipinski definition) is 8. The zero-order valence-corrected chi connectivity index (χ0v) is 14.1. The van der Waals surface area contributed by atoms with Gasteiger partial charge in [0.05, 0.1) is 0 Å². The molecule has 0 fully saturated rings. The quantitative estimate of drug-likeness (QED) is 0.341. The standard InChI is InChI=1S/Nd.8O.2V.Y/q+3;;;6*-1;;;+3. The van der Waals surface area contributed by atoms with Gasteiger partial charge in [0.25, 0.3) is 0 Å². The van der Waals surface area contributed by atoms with E-state index in [1.165, 1.54) is 0 Å². The van der Waals surface area contributed by atoms with Crippen LogP contribution in [-0.2, 0) is 70.1 Å². The first-order valence-electron chi connectivity index (χ1n) is 1.46. The molecule has 0 bridgehead atoms. The van der Waals surface area contributed by atoms with Gasteiger partial charge < -0.3 is 0 Å². The van der Waals surface area contributed by atoms with Crippen molar-refractivity contribution in [3.8, 4) is 0 Å². The van der Waals surface area contributed by atoms with Crippen LogP contribution in [0.2, 0.25) is 0 Å². The summed E-state index contributed by atoms with van der Waals surface area (Å²) >= 11 is -11.8. The van der Waals surface area contributed by atoms with Gasteiger partial charge in [-0.2, -0.15) is 0 Å². The third-order valence-corrected chi connectivity index (χ3v) is 0. The van der Waals surface area contributed by atoms with Gasteiger partial charge in [0.15, 0.2) is 0 Å². The second kappa shape index (κ2) is 10.5. The average Bonchev–Trinajstić information content (AvgIpc) is 1.12. The molecule has 0 aromatic rings. The smallest absolute Gasteiger partial charge is 3.00 e. The summed E-state index contributed by atoms with van der Waals surface area (Å²) in [6.07, 6.45) is 0. The van der Waals surface area contributed by atoms with Gasteiger partial charge >= 0.3 is 135 Å². The molecule has 1 radical (unpaired) electrons. The molecule has 0 N–H and O–H groups in total. The molecule has 0 unspecified atom stereocenters. The van der Waals surface area contributed by atoms with Crippen LogP contribution in [0.1, 0.15) is 0 Å². The molecule has 0 heterocycles. The number of hydrogen-bond donors (Lipinski definition) is 0. The van der Waals surface area contributed by atoms with Crippen LogP contribution >= 0.6 is 0 Å². The fourth-order valence-electron chi connectivity index (χ4n) is 0. The minimum Gasteiger partial charge on any atom is 3.00 e. The van der Waals surface area contributed by atoms with E-state index in [2.05, 4.69) is 0 Å². The summed E-state index contributed by atoms with van der Waals surface area (Å²) in [5.74, 6) is 0. The Morgan fingerprint density at radius 2 is 0.667 bits per heavy atom. The van der Waals surface area contributed by atoms with Crippen LogP contribution in [0, 0.1) is 40.8 Å². The first-order chi connectivity index (χ1) is 4.00. The van der Waals surface area contributed by atoms with Crippen molar-refractivity contribution in [2.45, 2.75) is 0 Å². The maximum atomic E-state index is 8.61. The van der Waals surface area contributed by atoms with Crippen molar-refractivity contribution in [1.82, 2.24) is 0 Å². The molecule has 0 spiro atoms. The predicted molar refractivity (Wildman–Crippen MR) is 1.37 cm³/mol. The number of rotatable bonds is 0. The molecule has 0 saturated heterocycles. The zero-order valence-electron chi connectivity index (χ0n) is 5.24. The summed E-state index contributed by atoms with van der Waals surface area (Å²) in [7, 11) is 0. The summed E-state index contributed by atoms with van der Waals surface area (Å²) in [5.41, 5.74) is 0. The van der Waals surface area contributed by atoms with Gasteiger partial charge in [-0.25, -0.2) is 0 Å². The van der Waals surface area contributed by atoms with E-state index in [1.54, 1.807) is 0 Å². The van der Waals surface area contributed by atoms with E-state index in [-0.39, 0.29) is 73.5 Å². The van der Waals surface area contributed by atoms with Crippen LogP contribution in [-0.4, -0.2) is 0 Å². The Bertz CT molecular complexity index is 129. The molecular weight excluding hydrogens is 463 g/mol. The molecule has 0 aliphatic rings. The van der Waals surface area contributed by atoms with E-state index in [4.69, 9.17) is 31.5 Å². The summed E-state index contributed by atoms with van der Waals surface area (Å²) in [6, 6.07) is 0. The molecule has 0 aliphatic heterocycles. The molecular formula is NdO8V2Y. The van der Waals surface area contributed by atoms with Gasteiger partial charge in [-0.1, -0.05) is 0 Å². The second-order valence-corrected chi connectivity index (χ2v) is 3.69. The van der Waals surface area contributed by atoms with Crippen molar-refractivity contribution < 1.29 is 135 Å². The molecule has 65 valence electrons. The van der Waals surface area contributed by atoms with Gasteiger partial charge in [0, 0.05) is 0 Å². The van der Waals surface area contributed by atoms with Gasteiger partial charge in [-0.15, -0.1) is 0 Å². The molecule has 0 atom stereocenters. The zero-order chi connectivity index (χ0) is 9.00. The molecule has 0 amide bonds. The Hall–Kier alpha value is 2.98. The molecule has 0 aliphatic carbocycles. The third-order valence-electron chi connectivity index (χ3n) is 0. The first kappa shape index (κ1) is 24.3. The Labute approximate surface area is 132 Å². The SMILES string of the molecule is [Nd+3].[O]=[V]([O-])([O-])[O-].[O]=[V]([O-])([O-])[O-].[Y+3]. The molecule has 0 rings (SSSR count). The van der Waals surface area contributed by atoms with Gasteiger partial charge in [-0.3, -0.25) is 0 Å². The topological polar surface area (TPSA) is 172 Å². The maximum Gasteiger partial charge on any atom is 3.00 e. The fraction of sp³-hybridized carbons (Fsp3) is 0. The monoisotopic (exact) mass is 461 g/mol. The van der Waals surface area contributed by atoms with Crippen LogP contribution in [0.25, 0.3) is 0 Å². The van der Waals surface area contributed by atoms with Gasteiger partial charge in [-0.05, 0) is 0 Å². The van der Waals surface area contributed by atoms with Crippen molar-refractivity contribution >= 4 is 0 Å². The summed E-state index contributed by atoms with van der Waals surface area (Å²) < 4.78 is 68.9. The van der Waals surface area contributed by atoms with Crippen molar-refractivity contribution in [2.24, 2.45) is 0 Å². The van der Waals surface area contributed by atoms with Crippen molar-refractivity contribution in [3.05, 3.63) is 0 Å². The van der Waals surface area contributed by atoms with Crippen molar-refractivity contribution in [3.63, 3.8) is 0 Å². The van der Waals surface area contributed by atoms with Crippen molar-refractivity contribution in [1.29, 1.82) is 0 Å². The molecule has 0 aromatic heterocycles. The third kappa shape index (κ3) is 209. The Balaban J connectivity index is -0.0000000457. The van der Waals surface area contributed by atoms with E-state index < -0.39 is 30.0 Å². The van der Waals surface area contributed by atoms with Gasteiger partial charge in [0.1, 0.15) is 0 Å². The van der Waals surface area contributed by atoms with Crippen LogP contribution in [0.4, 0.5) is 0 Å². The Morgan fingerprint density at radius 3 is 0.667 bits per heavy atom. The minimum absolute atomic E-state index is 0. The summed E-state index contributed by atoms with van der Waals surface area (Å²) in [6.45, 7) is 0. The Morgan fingerprint density at radius 1 is 0.667 bits per heavy atom. The minimum atomic E-state index is -5.88. The van der Waals surface area contributed by atoms with Gasteiger partial charge in [0.2, 0.25) is 0 Å². The fourth-order valence-corrected chi connectivity index (χ4v) is 0. The normalized spacial score (nSPS) is 9.83. The second-order valence-electron chi connectivity index (χ2n) is 0.894. The molecule has 12 heavy (non-hydrogen) atoms. The first-order valence-corrected chi connectivity index (χ1v) is 6.02. The van der Waals surface area contributed by atoms with E-state index in [0.29, 0.717) is 0 Å². The molecule has 0 saturated carbocycles. The predicted octanol–water partition coefficient (Wildman–Crippen LogP) is -7.38. The van der Waals surface area contributed by atoms with Crippen LogP contribution in [0.15, 0.2) is 0 Å². The van der Waals surface area contributed by atoms with E-state index in [1.807, 2.05) is 0 Å².